The zero-order chi connectivity index (χ0) is 22.2. The van der Waals surface area contributed by atoms with E-state index in [2.05, 4.69) is 17.0 Å². The van der Waals surface area contributed by atoms with Crippen LogP contribution >= 0.6 is 0 Å². The van der Waals surface area contributed by atoms with Crippen LogP contribution in [0.3, 0.4) is 0 Å². The lowest BCUT2D eigenvalue weighted by Crippen LogP contribution is -2.52. The Balaban J connectivity index is 1.32. The SMILES string of the molecule is C[N@+]1(CCc2ccncn2)CCCC1COC(=O)C1(O)c2ccccc2-c2ccccc21. The fourth-order valence-electron chi connectivity index (χ4n) is 5.28. The zero-order valence-corrected chi connectivity index (χ0v) is 18.3. The van der Waals surface area contributed by atoms with E-state index in [1.807, 2.05) is 54.6 Å². The molecule has 164 valence electrons. The Morgan fingerprint density at radius 3 is 2.47 bits per heavy atom. The van der Waals surface area contributed by atoms with Crippen LogP contribution in [0.5, 0.6) is 0 Å². The average Bonchev–Trinajstić information content (AvgIpc) is 3.33. The fourth-order valence-corrected chi connectivity index (χ4v) is 5.28. The number of hydrogen-bond donors (Lipinski definition) is 1. The van der Waals surface area contributed by atoms with Gasteiger partial charge in [-0.1, -0.05) is 48.5 Å². The predicted octanol–water partition coefficient (Wildman–Crippen LogP) is 3.09. The molecule has 5 rings (SSSR count). The van der Waals surface area contributed by atoms with Gasteiger partial charge in [0.2, 0.25) is 5.60 Å². The van der Waals surface area contributed by atoms with E-state index in [9.17, 15) is 9.90 Å². The van der Waals surface area contributed by atoms with Crippen molar-refractivity contribution in [1.82, 2.24) is 9.97 Å². The van der Waals surface area contributed by atoms with Crippen LogP contribution < -0.4 is 0 Å². The van der Waals surface area contributed by atoms with Gasteiger partial charge in [0.15, 0.2) is 0 Å². The van der Waals surface area contributed by atoms with Gasteiger partial charge in [-0.05, 0) is 17.2 Å². The molecule has 6 nitrogen and oxygen atoms in total. The fraction of sp³-hybridized carbons (Fsp3) is 0.346. The topological polar surface area (TPSA) is 72.3 Å². The minimum absolute atomic E-state index is 0.205. The number of aromatic nitrogens is 2. The van der Waals surface area contributed by atoms with E-state index in [0.717, 1.165) is 53.7 Å². The molecule has 0 bridgehead atoms. The van der Waals surface area contributed by atoms with Gasteiger partial charge in [0, 0.05) is 42.3 Å². The minimum atomic E-state index is -1.77. The average molecular weight is 431 g/mol. The quantitative estimate of drug-likeness (QED) is 0.481. The minimum Gasteiger partial charge on any atom is -0.457 e. The summed E-state index contributed by atoms with van der Waals surface area (Å²) < 4.78 is 6.68. The second-order valence-corrected chi connectivity index (χ2v) is 9.07. The maximum absolute atomic E-state index is 13.3. The molecule has 1 aliphatic carbocycles. The first-order chi connectivity index (χ1) is 15.5. The third kappa shape index (κ3) is 3.40. The first kappa shape index (κ1) is 20.8. The monoisotopic (exact) mass is 430 g/mol. The highest BCUT2D eigenvalue weighted by molar-refractivity contribution is 5.96. The van der Waals surface area contributed by atoms with Crippen molar-refractivity contribution in [1.29, 1.82) is 0 Å². The van der Waals surface area contributed by atoms with Crippen molar-refractivity contribution in [2.45, 2.75) is 30.9 Å². The summed E-state index contributed by atoms with van der Waals surface area (Å²) in [5, 5.41) is 11.6. The molecule has 0 spiro atoms. The molecule has 6 heteroatoms. The highest BCUT2D eigenvalue weighted by Crippen LogP contribution is 2.48. The number of aliphatic hydroxyl groups is 1. The number of fused-ring (bicyclic) bond motifs is 3. The lowest BCUT2D eigenvalue weighted by atomic mass is 9.91. The van der Waals surface area contributed by atoms with Crippen LogP contribution in [0.4, 0.5) is 0 Å². The number of likely N-dealkylation sites (N-methyl/N-ethyl adjacent to an activating group) is 1. The molecule has 2 heterocycles. The van der Waals surface area contributed by atoms with Crippen LogP contribution in [0.1, 0.15) is 29.7 Å². The van der Waals surface area contributed by atoms with Crippen LogP contribution in [0.15, 0.2) is 67.1 Å². The van der Waals surface area contributed by atoms with Gasteiger partial charge < -0.3 is 14.3 Å². The third-order valence-electron chi connectivity index (χ3n) is 7.24. The molecule has 3 aromatic rings. The summed E-state index contributed by atoms with van der Waals surface area (Å²) in [5.74, 6) is -0.593. The summed E-state index contributed by atoms with van der Waals surface area (Å²) in [4.78, 5) is 21.7. The van der Waals surface area contributed by atoms with E-state index in [-0.39, 0.29) is 6.04 Å². The molecule has 1 N–H and O–H groups in total. The smallest absolute Gasteiger partial charge is 0.347 e. The number of esters is 1. The maximum Gasteiger partial charge on any atom is 0.347 e. The van der Waals surface area contributed by atoms with Gasteiger partial charge in [-0.15, -0.1) is 0 Å². The standard InChI is InChI=1S/C26H28N3O3/c1-29(16-13-19-12-14-27-18-28-19)15-6-7-20(29)17-32-25(30)26(31)23-10-4-2-8-21(23)22-9-3-5-11-24(22)26/h2-5,8-12,14,18,20,31H,6-7,13,15-17H2,1H3/q+1/t20?,29-/m1/s1. The number of likely N-dealkylation sites (tertiary alicyclic amines) is 1. The first-order valence-electron chi connectivity index (χ1n) is 11.2. The van der Waals surface area contributed by atoms with Crippen molar-refractivity contribution in [3.05, 3.63) is 83.9 Å². The summed E-state index contributed by atoms with van der Waals surface area (Å²) >= 11 is 0. The molecule has 0 amide bonds. The number of carbonyl (C=O) groups excluding carboxylic acids is 1. The Kier molecular flexibility index (Phi) is 5.27. The van der Waals surface area contributed by atoms with E-state index in [1.54, 1.807) is 12.5 Å². The van der Waals surface area contributed by atoms with E-state index in [0.29, 0.717) is 17.7 Å². The van der Waals surface area contributed by atoms with Gasteiger partial charge in [0.05, 0.1) is 20.1 Å². The molecule has 1 unspecified atom stereocenters. The second-order valence-electron chi connectivity index (χ2n) is 9.07. The van der Waals surface area contributed by atoms with Gasteiger partial charge in [0.25, 0.3) is 0 Å². The maximum atomic E-state index is 13.3. The molecule has 2 atom stereocenters. The molecule has 0 radical (unpaired) electrons. The molecule has 1 saturated heterocycles. The van der Waals surface area contributed by atoms with Crippen molar-refractivity contribution in [3.63, 3.8) is 0 Å². The van der Waals surface area contributed by atoms with Crippen molar-refractivity contribution < 1.29 is 19.1 Å². The highest BCUT2D eigenvalue weighted by atomic mass is 16.6. The molecule has 1 fully saturated rings. The molecule has 32 heavy (non-hydrogen) atoms. The molecule has 0 saturated carbocycles. The van der Waals surface area contributed by atoms with E-state index >= 15 is 0 Å². The summed E-state index contributed by atoms with van der Waals surface area (Å²) in [5.41, 5.74) is 2.21. The molecule has 1 aromatic heterocycles. The molecule has 2 aromatic carbocycles. The third-order valence-corrected chi connectivity index (χ3v) is 7.24. The van der Waals surface area contributed by atoms with Crippen LogP contribution in [0.25, 0.3) is 11.1 Å². The van der Waals surface area contributed by atoms with Gasteiger partial charge in [0.1, 0.15) is 19.0 Å². The molecular formula is C26H28N3O3+. The van der Waals surface area contributed by atoms with Gasteiger partial charge in [-0.3, -0.25) is 0 Å². The number of benzene rings is 2. The van der Waals surface area contributed by atoms with Crippen LogP contribution in [0.2, 0.25) is 0 Å². The number of quaternary nitrogens is 1. The summed E-state index contributed by atoms with van der Waals surface area (Å²) in [6.45, 7) is 2.27. The summed E-state index contributed by atoms with van der Waals surface area (Å²) in [6, 6.07) is 17.2. The number of rotatable bonds is 6. The Labute approximate surface area is 188 Å². The highest BCUT2D eigenvalue weighted by Gasteiger charge is 2.50. The predicted molar refractivity (Wildman–Crippen MR) is 121 cm³/mol. The zero-order valence-electron chi connectivity index (χ0n) is 18.3. The van der Waals surface area contributed by atoms with Crippen LogP contribution in [0, 0.1) is 0 Å². The number of carbonyl (C=O) groups is 1. The van der Waals surface area contributed by atoms with Crippen LogP contribution in [-0.2, 0) is 21.6 Å². The Morgan fingerprint density at radius 1 is 1.12 bits per heavy atom. The lowest BCUT2D eigenvalue weighted by Gasteiger charge is -2.36. The number of ether oxygens (including phenoxy) is 1. The van der Waals surface area contributed by atoms with Crippen LogP contribution in [-0.4, -0.2) is 58.3 Å². The van der Waals surface area contributed by atoms with Crippen molar-refractivity contribution >= 4 is 5.97 Å². The molecule has 1 aliphatic heterocycles. The van der Waals surface area contributed by atoms with Gasteiger partial charge in [-0.25, -0.2) is 14.8 Å². The Hall–Kier alpha value is -3.09. The summed E-state index contributed by atoms with van der Waals surface area (Å²) in [7, 11) is 2.22. The largest absolute Gasteiger partial charge is 0.457 e. The first-order valence-corrected chi connectivity index (χ1v) is 11.2. The van der Waals surface area contributed by atoms with E-state index in [4.69, 9.17) is 4.74 Å². The van der Waals surface area contributed by atoms with Crippen molar-refractivity contribution in [2.24, 2.45) is 0 Å². The molecule has 2 aliphatic rings. The normalized spacial score (nSPS) is 22.9. The van der Waals surface area contributed by atoms with E-state index in [1.165, 1.54) is 0 Å². The number of hydrogen-bond acceptors (Lipinski definition) is 5. The molecular weight excluding hydrogens is 402 g/mol. The van der Waals surface area contributed by atoms with Gasteiger partial charge >= 0.3 is 5.97 Å². The number of nitrogens with zero attached hydrogens (tertiary/aromatic N) is 3. The van der Waals surface area contributed by atoms with Crippen molar-refractivity contribution in [2.75, 3.05) is 26.7 Å². The van der Waals surface area contributed by atoms with E-state index < -0.39 is 11.6 Å². The Morgan fingerprint density at radius 2 is 1.81 bits per heavy atom. The lowest BCUT2D eigenvalue weighted by molar-refractivity contribution is -0.921. The summed E-state index contributed by atoms with van der Waals surface area (Å²) in [6.07, 6.45) is 6.30. The van der Waals surface area contributed by atoms with Gasteiger partial charge in [-0.2, -0.15) is 0 Å². The Bertz CT molecular complexity index is 1090. The van der Waals surface area contributed by atoms with Crippen molar-refractivity contribution in [3.8, 4) is 11.1 Å². The second kappa shape index (κ2) is 8.11.